The smallest absolute Gasteiger partial charge is 0.0393 e. The normalized spacial score (nSPS) is 19.3. The van der Waals surface area contributed by atoms with E-state index in [1.807, 2.05) is 7.05 Å². The predicted octanol–water partition coefficient (Wildman–Crippen LogP) is 2.71. The van der Waals surface area contributed by atoms with Gasteiger partial charge in [-0.25, -0.2) is 0 Å². The summed E-state index contributed by atoms with van der Waals surface area (Å²) < 4.78 is 0. The Balaban J connectivity index is 2.35. The number of hydrogen-bond donors (Lipinski definition) is 2. The first-order valence-corrected chi connectivity index (χ1v) is 5.78. The Morgan fingerprint density at radius 2 is 2.13 bits per heavy atom. The molecule has 2 N–H and O–H groups in total. The Hall–Kier alpha value is -1.02. The lowest BCUT2D eigenvalue weighted by molar-refractivity contribution is 0.591. The summed E-state index contributed by atoms with van der Waals surface area (Å²) in [6, 6.07) is 7.62. The second kappa shape index (κ2) is 4.23. The molecule has 0 spiro atoms. The van der Waals surface area contributed by atoms with Crippen molar-refractivity contribution in [3.63, 3.8) is 0 Å². The van der Waals surface area contributed by atoms with Crippen molar-refractivity contribution in [2.75, 3.05) is 12.4 Å². The third kappa shape index (κ3) is 2.00. The molecule has 1 aromatic rings. The number of benzene rings is 1. The van der Waals surface area contributed by atoms with Crippen molar-refractivity contribution >= 4 is 5.69 Å². The standard InChI is InChI=1S/C13H20N2/c1-9(2)15-12-6-4-5-10-7-8-11(14-3)13(10)12/h4-6,9,11,14-15H,7-8H2,1-3H3. The minimum atomic E-state index is 0.495. The Labute approximate surface area is 92.1 Å². The van der Waals surface area contributed by atoms with Crippen LogP contribution in [0.2, 0.25) is 0 Å². The van der Waals surface area contributed by atoms with Crippen LogP contribution in [0.15, 0.2) is 18.2 Å². The fraction of sp³-hybridized carbons (Fsp3) is 0.538. The molecule has 0 radical (unpaired) electrons. The minimum Gasteiger partial charge on any atom is -0.383 e. The van der Waals surface area contributed by atoms with E-state index in [0.29, 0.717) is 12.1 Å². The van der Waals surface area contributed by atoms with E-state index in [1.54, 1.807) is 0 Å². The van der Waals surface area contributed by atoms with Gasteiger partial charge in [0.05, 0.1) is 0 Å². The third-order valence-corrected chi connectivity index (χ3v) is 3.04. The van der Waals surface area contributed by atoms with E-state index >= 15 is 0 Å². The average molecular weight is 204 g/mol. The molecule has 0 heterocycles. The van der Waals surface area contributed by atoms with Crippen molar-refractivity contribution in [1.29, 1.82) is 0 Å². The molecule has 2 rings (SSSR count). The molecule has 15 heavy (non-hydrogen) atoms. The van der Waals surface area contributed by atoms with Gasteiger partial charge in [-0.3, -0.25) is 0 Å². The third-order valence-electron chi connectivity index (χ3n) is 3.04. The molecule has 0 bridgehead atoms. The zero-order valence-corrected chi connectivity index (χ0v) is 9.80. The van der Waals surface area contributed by atoms with Crippen LogP contribution in [-0.2, 0) is 6.42 Å². The summed E-state index contributed by atoms with van der Waals surface area (Å²) in [6.07, 6.45) is 2.43. The van der Waals surface area contributed by atoms with Crippen LogP contribution in [0.25, 0.3) is 0 Å². The van der Waals surface area contributed by atoms with Gasteiger partial charge in [0.1, 0.15) is 0 Å². The molecule has 2 heteroatoms. The van der Waals surface area contributed by atoms with Gasteiger partial charge in [-0.15, -0.1) is 0 Å². The molecule has 82 valence electrons. The summed E-state index contributed by atoms with van der Waals surface area (Å²) in [4.78, 5) is 0. The maximum Gasteiger partial charge on any atom is 0.0393 e. The van der Waals surface area contributed by atoms with Crippen LogP contribution in [0.1, 0.15) is 37.4 Å². The predicted molar refractivity (Wildman–Crippen MR) is 65.3 cm³/mol. The molecule has 2 nitrogen and oxygen atoms in total. The van der Waals surface area contributed by atoms with Gasteiger partial charge in [-0.1, -0.05) is 12.1 Å². The lowest BCUT2D eigenvalue weighted by Gasteiger charge is -2.18. The van der Waals surface area contributed by atoms with Crippen molar-refractivity contribution in [2.45, 2.75) is 38.8 Å². The molecule has 0 aromatic heterocycles. The van der Waals surface area contributed by atoms with E-state index in [2.05, 4.69) is 42.7 Å². The van der Waals surface area contributed by atoms with Crippen LogP contribution in [0, 0.1) is 0 Å². The maximum atomic E-state index is 3.53. The summed E-state index contributed by atoms with van der Waals surface area (Å²) in [7, 11) is 2.05. The number of aryl methyl sites for hydroxylation is 1. The van der Waals surface area contributed by atoms with Crippen LogP contribution < -0.4 is 10.6 Å². The largest absolute Gasteiger partial charge is 0.383 e. The zero-order chi connectivity index (χ0) is 10.8. The fourth-order valence-corrected chi connectivity index (χ4v) is 2.41. The van der Waals surface area contributed by atoms with E-state index < -0.39 is 0 Å². The van der Waals surface area contributed by atoms with Gasteiger partial charge in [0.25, 0.3) is 0 Å². The number of rotatable bonds is 3. The average Bonchev–Trinajstić information content (AvgIpc) is 2.61. The maximum absolute atomic E-state index is 3.53. The quantitative estimate of drug-likeness (QED) is 0.791. The lowest BCUT2D eigenvalue weighted by Crippen LogP contribution is -2.17. The Bertz CT molecular complexity index is 344. The second-order valence-electron chi connectivity index (χ2n) is 4.56. The van der Waals surface area contributed by atoms with Gasteiger partial charge in [0.2, 0.25) is 0 Å². The molecule has 0 amide bonds. The first-order chi connectivity index (χ1) is 7.22. The monoisotopic (exact) mass is 204 g/mol. The van der Waals surface area contributed by atoms with Gasteiger partial charge in [-0.05, 0) is 50.9 Å². The first-order valence-electron chi connectivity index (χ1n) is 5.78. The Morgan fingerprint density at radius 1 is 1.33 bits per heavy atom. The molecular weight excluding hydrogens is 184 g/mol. The topological polar surface area (TPSA) is 24.1 Å². The molecular formula is C13H20N2. The molecule has 1 atom stereocenters. The van der Waals surface area contributed by atoms with Gasteiger partial charge in [0, 0.05) is 17.8 Å². The Kier molecular flexibility index (Phi) is 2.96. The lowest BCUT2D eigenvalue weighted by atomic mass is 10.1. The van der Waals surface area contributed by atoms with Gasteiger partial charge < -0.3 is 10.6 Å². The fourth-order valence-electron chi connectivity index (χ4n) is 2.41. The van der Waals surface area contributed by atoms with Gasteiger partial charge >= 0.3 is 0 Å². The molecule has 0 fully saturated rings. The molecule has 0 aliphatic heterocycles. The van der Waals surface area contributed by atoms with Gasteiger partial charge in [0.15, 0.2) is 0 Å². The van der Waals surface area contributed by atoms with Gasteiger partial charge in [-0.2, -0.15) is 0 Å². The number of hydrogen-bond acceptors (Lipinski definition) is 2. The summed E-state index contributed by atoms with van der Waals surface area (Å²) in [6.45, 7) is 4.37. The van der Waals surface area contributed by atoms with E-state index in [0.717, 1.165) is 0 Å². The first kappa shape index (κ1) is 10.5. The zero-order valence-electron chi connectivity index (χ0n) is 9.80. The van der Waals surface area contributed by atoms with Crippen LogP contribution in [-0.4, -0.2) is 13.1 Å². The van der Waals surface area contributed by atoms with Crippen molar-refractivity contribution < 1.29 is 0 Å². The van der Waals surface area contributed by atoms with Crippen LogP contribution in [0.5, 0.6) is 0 Å². The number of nitrogens with one attached hydrogen (secondary N) is 2. The van der Waals surface area contributed by atoms with E-state index in [1.165, 1.54) is 29.7 Å². The Morgan fingerprint density at radius 3 is 2.80 bits per heavy atom. The van der Waals surface area contributed by atoms with E-state index in [9.17, 15) is 0 Å². The van der Waals surface area contributed by atoms with Crippen LogP contribution in [0.3, 0.4) is 0 Å². The highest BCUT2D eigenvalue weighted by molar-refractivity contribution is 5.58. The molecule has 0 saturated heterocycles. The van der Waals surface area contributed by atoms with Crippen molar-refractivity contribution in [3.8, 4) is 0 Å². The summed E-state index contributed by atoms with van der Waals surface area (Å²) in [5.74, 6) is 0. The van der Waals surface area contributed by atoms with E-state index in [4.69, 9.17) is 0 Å². The molecule has 1 aliphatic rings. The highest BCUT2D eigenvalue weighted by Gasteiger charge is 2.23. The van der Waals surface area contributed by atoms with E-state index in [-0.39, 0.29) is 0 Å². The molecule has 1 aromatic carbocycles. The molecule has 1 aliphatic carbocycles. The highest BCUT2D eigenvalue weighted by Crippen LogP contribution is 2.36. The van der Waals surface area contributed by atoms with Crippen molar-refractivity contribution in [3.05, 3.63) is 29.3 Å². The van der Waals surface area contributed by atoms with Crippen molar-refractivity contribution in [1.82, 2.24) is 5.32 Å². The van der Waals surface area contributed by atoms with Crippen LogP contribution in [0.4, 0.5) is 5.69 Å². The number of fused-ring (bicyclic) bond motifs is 1. The summed E-state index contributed by atoms with van der Waals surface area (Å²) >= 11 is 0. The second-order valence-corrected chi connectivity index (χ2v) is 4.56. The summed E-state index contributed by atoms with van der Waals surface area (Å²) in [5.41, 5.74) is 4.29. The minimum absolute atomic E-state index is 0.495. The number of anilines is 1. The summed E-state index contributed by atoms with van der Waals surface area (Å²) in [5, 5.41) is 6.92. The molecule has 1 unspecified atom stereocenters. The SMILES string of the molecule is CNC1CCc2cccc(NC(C)C)c21. The molecule has 0 saturated carbocycles. The van der Waals surface area contributed by atoms with Crippen molar-refractivity contribution in [2.24, 2.45) is 0 Å². The highest BCUT2D eigenvalue weighted by atomic mass is 14.9. The van der Waals surface area contributed by atoms with Crippen LogP contribution >= 0.6 is 0 Å².